The standard InChI is InChI=1S/C20H21ClN4O3/c1-4-5-17-19(23-24-25(17)14-8-6-13(21)7-9-14)20(26)22-16-11-10-15(27-2)12-18(16)28-3/h6-12H,4-5H2,1-3H3,(H,22,26). The fraction of sp³-hybridized carbons (Fsp3) is 0.250. The van der Waals surface area contributed by atoms with Crippen molar-refractivity contribution in [2.45, 2.75) is 19.8 Å². The Morgan fingerprint density at radius 1 is 1.14 bits per heavy atom. The minimum absolute atomic E-state index is 0.273. The average Bonchev–Trinajstić information content (AvgIpc) is 3.13. The molecule has 1 amide bonds. The first kappa shape index (κ1) is 19.7. The third-order valence-corrected chi connectivity index (χ3v) is 4.45. The lowest BCUT2D eigenvalue weighted by Crippen LogP contribution is -2.16. The van der Waals surface area contributed by atoms with Crippen LogP contribution >= 0.6 is 11.6 Å². The average molecular weight is 401 g/mol. The number of aromatic nitrogens is 3. The summed E-state index contributed by atoms with van der Waals surface area (Å²) >= 11 is 5.97. The first-order chi connectivity index (χ1) is 13.6. The Hall–Kier alpha value is -3.06. The Balaban J connectivity index is 1.93. The maximum Gasteiger partial charge on any atom is 0.278 e. The van der Waals surface area contributed by atoms with E-state index < -0.39 is 0 Å². The predicted octanol–water partition coefficient (Wildman–Crippen LogP) is 4.14. The molecule has 1 aromatic heterocycles. The van der Waals surface area contributed by atoms with Crippen molar-refractivity contribution in [1.29, 1.82) is 0 Å². The highest BCUT2D eigenvalue weighted by Gasteiger charge is 2.21. The zero-order chi connectivity index (χ0) is 20.1. The number of halogens is 1. The fourth-order valence-corrected chi connectivity index (χ4v) is 2.94. The molecule has 7 nitrogen and oxygen atoms in total. The topological polar surface area (TPSA) is 78.3 Å². The van der Waals surface area contributed by atoms with E-state index in [1.807, 2.05) is 19.1 Å². The number of nitrogens with one attached hydrogen (secondary N) is 1. The monoisotopic (exact) mass is 400 g/mol. The predicted molar refractivity (Wildman–Crippen MR) is 108 cm³/mol. The molecule has 0 unspecified atom stereocenters. The SMILES string of the molecule is CCCc1c(C(=O)Nc2ccc(OC)cc2OC)nnn1-c1ccc(Cl)cc1. The minimum atomic E-state index is -0.355. The lowest BCUT2D eigenvalue weighted by molar-refractivity contribution is 0.102. The molecular weight excluding hydrogens is 380 g/mol. The number of carbonyl (C=O) groups is 1. The molecule has 0 spiro atoms. The van der Waals surface area contributed by atoms with Crippen molar-refractivity contribution in [3.63, 3.8) is 0 Å². The van der Waals surface area contributed by atoms with Crippen LogP contribution in [-0.2, 0) is 6.42 Å². The van der Waals surface area contributed by atoms with Crippen LogP contribution in [0.2, 0.25) is 5.02 Å². The van der Waals surface area contributed by atoms with Crippen LogP contribution in [0.4, 0.5) is 5.69 Å². The molecule has 0 aliphatic rings. The Bertz CT molecular complexity index is 970. The fourth-order valence-electron chi connectivity index (χ4n) is 2.81. The molecule has 8 heteroatoms. The molecule has 0 aliphatic heterocycles. The van der Waals surface area contributed by atoms with Crippen molar-refractivity contribution in [2.75, 3.05) is 19.5 Å². The van der Waals surface area contributed by atoms with E-state index in [0.717, 1.165) is 17.8 Å². The maximum atomic E-state index is 12.9. The molecule has 3 rings (SSSR count). The van der Waals surface area contributed by atoms with Gasteiger partial charge in [0.05, 0.1) is 31.3 Å². The highest BCUT2D eigenvalue weighted by atomic mass is 35.5. The third-order valence-electron chi connectivity index (χ3n) is 4.19. The van der Waals surface area contributed by atoms with E-state index in [9.17, 15) is 4.79 Å². The van der Waals surface area contributed by atoms with Gasteiger partial charge in [-0.15, -0.1) is 5.10 Å². The molecule has 28 heavy (non-hydrogen) atoms. The molecular formula is C20H21ClN4O3. The summed E-state index contributed by atoms with van der Waals surface area (Å²) in [5.41, 5.74) is 2.32. The molecule has 0 atom stereocenters. The van der Waals surface area contributed by atoms with Crippen molar-refractivity contribution in [3.05, 3.63) is 58.9 Å². The molecule has 0 saturated heterocycles. The highest BCUT2D eigenvalue weighted by Crippen LogP contribution is 2.29. The van der Waals surface area contributed by atoms with E-state index in [1.54, 1.807) is 42.1 Å². The molecule has 1 N–H and O–H groups in total. The summed E-state index contributed by atoms with van der Waals surface area (Å²) in [5, 5.41) is 11.8. The molecule has 0 aliphatic carbocycles. The number of nitrogens with zero attached hydrogens (tertiary/aromatic N) is 3. The van der Waals surface area contributed by atoms with Crippen molar-refractivity contribution in [1.82, 2.24) is 15.0 Å². The van der Waals surface area contributed by atoms with Gasteiger partial charge in [-0.25, -0.2) is 4.68 Å². The lowest BCUT2D eigenvalue weighted by atomic mass is 10.2. The van der Waals surface area contributed by atoms with Crippen LogP contribution in [0.5, 0.6) is 11.5 Å². The number of methoxy groups -OCH3 is 2. The van der Waals surface area contributed by atoms with Gasteiger partial charge in [-0.05, 0) is 42.8 Å². The summed E-state index contributed by atoms with van der Waals surface area (Å²) in [7, 11) is 3.10. The van der Waals surface area contributed by atoms with Gasteiger partial charge in [-0.1, -0.05) is 30.2 Å². The first-order valence-electron chi connectivity index (χ1n) is 8.81. The molecule has 0 bridgehead atoms. The van der Waals surface area contributed by atoms with Gasteiger partial charge < -0.3 is 14.8 Å². The zero-order valence-corrected chi connectivity index (χ0v) is 16.7. The van der Waals surface area contributed by atoms with Gasteiger partial charge in [0, 0.05) is 11.1 Å². The van der Waals surface area contributed by atoms with E-state index >= 15 is 0 Å². The summed E-state index contributed by atoms with van der Waals surface area (Å²) in [4.78, 5) is 12.9. The van der Waals surface area contributed by atoms with Crippen molar-refractivity contribution in [3.8, 4) is 17.2 Å². The third kappa shape index (κ3) is 4.09. The normalized spacial score (nSPS) is 10.6. The number of hydrogen-bond acceptors (Lipinski definition) is 5. The molecule has 0 saturated carbocycles. The second kappa shape index (κ2) is 8.75. The number of carbonyl (C=O) groups excluding carboxylic acids is 1. The van der Waals surface area contributed by atoms with Crippen molar-refractivity contribution in [2.24, 2.45) is 0 Å². The van der Waals surface area contributed by atoms with Crippen molar-refractivity contribution >= 4 is 23.2 Å². The van der Waals surface area contributed by atoms with Crippen molar-refractivity contribution < 1.29 is 14.3 Å². The van der Waals surface area contributed by atoms with Crippen LogP contribution < -0.4 is 14.8 Å². The van der Waals surface area contributed by atoms with E-state index in [4.69, 9.17) is 21.1 Å². The zero-order valence-electron chi connectivity index (χ0n) is 15.9. The van der Waals surface area contributed by atoms with Crippen LogP contribution in [-0.4, -0.2) is 35.1 Å². The van der Waals surface area contributed by atoms with Gasteiger partial charge in [0.25, 0.3) is 5.91 Å². The Labute approximate surface area is 168 Å². The smallest absolute Gasteiger partial charge is 0.278 e. The van der Waals surface area contributed by atoms with Crippen LogP contribution in [0.15, 0.2) is 42.5 Å². The molecule has 0 radical (unpaired) electrons. The highest BCUT2D eigenvalue weighted by molar-refractivity contribution is 6.30. The number of ether oxygens (including phenoxy) is 2. The summed E-state index contributed by atoms with van der Waals surface area (Å²) in [5.74, 6) is 0.775. The Morgan fingerprint density at radius 2 is 1.89 bits per heavy atom. The van der Waals surface area contributed by atoms with Gasteiger partial charge in [0.15, 0.2) is 5.69 Å². The summed E-state index contributed by atoms with van der Waals surface area (Å²) in [6.45, 7) is 2.04. The van der Waals surface area contributed by atoms with Gasteiger partial charge in [0.2, 0.25) is 0 Å². The molecule has 146 valence electrons. The van der Waals surface area contributed by atoms with Crippen LogP contribution in [0.3, 0.4) is 0 Å². The molecule has 3 aromatic rings. The van der Waals surface area contributed by atoms with Gasteiger partial charge in [-0.2, -0.15) is 0 Å². The largest absolute Gasteiger partial charge is 0.497 e. The quantitative estimate of drug-likeness (QED) is 0.644. The van der Waals surface area contributed by atoms with Crippen LogP contribution in [0.25, 0.3) is 5.69 Å². The number of rotatable bonds is 7. The van der Waals surface area contributed by atoms with E-state index in [2.05, 4.69) is 15.6 Å². The minimum Gasteiger partial charge on any atom is -0.497 e. The summed E-state index contributed by atoms with van der Waals surface area (Å²) in [6.07, 6.45) is 1.49. The second-order valence-electron chi connectivity index (χ2n) is 6.04. The Kier molecular flexibility index (Phi) is 6.16. The Morgan fingerprint density at radius 3 is 2.54 bits per heavy atom. The van der Waals surface area contributed by atoms with Gasteiger partial charge >= 0.3 is 0 Å². The number of hydrogen-bond donors (Lipinski definition) is 1. The molecule has 0 fully saturated rings. The van der Waals surface area contributed by atoms with Crippen LogP contribution in [0, 0.1) is 0 Å². The second-order valence-corrected chi connectivity index (χ2v) is 6.48. The summed E-state index contributed by atoms with van der Waals surface area (Å²) in [6, 6.07) is 12.4. The van der Waals surface area contributed by atoms with E-state index in [1.165, 1.54) is 7.11 Å². The van der Waals surface area contributed by atoms with E-state index in [0.29, 0.717) is 28.6 Å². The van der Waals surface area contributed by atoms with Gasteiger partial charge in [-0.3, -0.25) is 4.79 Å². The number of amides is 1. The molecule has 1 heterocycles. The summed E-state index contributed by atoms with van der Waals surface area (Å²) < 4.78 is 12.2. The van der Waals surface area contributed by atoms with Crippen LogP contribution in [0.1, 0.15) is 29.5 Å². The first-order valence-corrected chi connectivity index (χ1v) is 9.19. The number of benzene rings is 2. The van der Waals surface area contributed by atoms with Gasteiger partial charge in [0.1, 0.15) is 11.5 Å². The lowest BCUT2D eigenvalue weighted by Gasteiger charge is -2.12. The molecule has 2 aromatic carbocycles. The number of anilines is 1. The van der Waals surface area contributed by atoms with E-state index in [-0.39, 0.29) is 11.6 Å². The maximum absolute atomic E-state index is 12.9.